The van der Waals surface area contributed by atoms with E-state index in [4.69, 9.17) is 5.73 Å². The van der Waals surface area contributed by atoms with E-state index in [1.54, 1.807) is 6.20 Å². The van der Waals surface area contributed by atoms with Gasteiger partial charge in [-0.3, -0.25) is 4.79 Å². The van der Waals surface area contributed by atoms with Crippen LogP contribution in [-0.4, -0.2) is 17.4 Å². The zero-order chi connectivity index (χ0) is 13.0. The minimum absolute atomic E-state index is 0.0210. The van der Waals surface area contributed by atoms with E-state index in [-0.39, 0.29) is 12.5 Å². The number of aromatic nitrogens is 1. The van der Waals surface area contributed by atoms with E-state index >= 15 is 0 Å². The SMILES string of the molecule is Cc1ccc(Cc2cnc(NC(=O)CN)s2)cc1. The van der Waals surface area contributed by atoms with Crippen molar-refractivity contribution in [2.24, 2.45) is 5.73 Å². The number of rotatable bonds is 4. The third kappa shape index (κ3) is 3.38. The van der Waals surface area contributed by atoms with Crippen LogP contribution in [0, 0.1) is 6.92 Å². The molecule has 0 unspecified atom stereocenters. The molecule has 0 radical (unpaired) electrons. The van der Waals surface area contributed by atoms with Gasteiger partial charge in [0.1, 0.15) is 0 Å². The van der Waals surface area contributed by atoms with Crippen molar-refractivity contribution in [1.29, 1.82) is 0 Å². The van der Waals surface area contributed by atoms with Gasteiger partial charge in [0.05, 0.1) is 6.54 Å². The summed E-state index contributed by atoms with van der Waals surface area (Å²) < 4.78 is 0. The molecule has 3 N–H and O–H groups in total. The first-order chi connectivity index (χ1) is 8.67. The molecule has 1 aromatic carbocycles. The summed E-state index contributed by atoms with van der Waals surface area (Å²) in [6.07, 6.45) is 2.62. The summed E-state index contributed by atoms with van der Waals surface area (Å²) in [5.41, 5.74) is 7.72. The molecule has 0 aliphatic heterocycles. The maximum Gasteiger partial charge on any atom is 0.239 e. The van der Waals surface area contributed by atoms with E-state index in [0.29, 0.717) is 5.13 Å². The largest absolute Gasteiger partial charge is 0.322 e. The number of aryl methyl sites for hydroxylation is 1. The van der Waals surface area contributed by atoms with Gasteiger partial charge in [-0.15, -0.1) is 11.3 Å². The van der Waals surface area contributed by atoms with Crippen LogP contribution in [0.4, 0.5) is 5.13 Å². The Hall–Kier alpha value is -1.72. The lowest BCUT2D eigenvalue weighted by Gasteiger charge is -1.99. The fourth-order valence-electron chi connectivity index (χ4n) is 1.52. The Morgan fingerprint density at radius 1 is 1.39 bits per heavy atom. The molecule has 1 heterocycles. The number of benzene rings is 1. The van der Waals surface area contributed by atoms with E-state index in [1.807, 2.05) is 0 Å². The van der Waals surface area contributed by atoms with E-state index in [2.05, 4.69) is 41.5 Å². The van der Waals surface area contributed by atoms with E-state index < -0.39 is 0 Å². The first-order valence-corrected chi connectivity index (χ1v) is 6.49. The van der Waals surface area contributed by atoms with Crippen molar-refractivity contribution >= 4 is 22.4 Å². The van der Waals surface area contributed by atoms with Gasteiger partial charge in [-0.05, 0) is 12.5 Å². The van der Waals surface area contributed by atoms with Gasteiger partial charge >= 0.3 is 0 Å². The van der Waals surface area contributed by atoms with Gasteiger partial charge in [0.25, 0.3) is 0 Å². The van der Waals surface area contributed by atoms with Gasteiger partial charge in [0, 0.05) is 17.5 Å². The van der Waals surface area contributed by atoms with Crippen LogP contribution in [0.2, 0.25) is 0 Å². The molecular formula is C13H15N3OS. The monoisotopic (exact) mass is 261 g/mol. The molecule has 0 spiro atoms. The van der Waals surface area contributed by atoms with E-state index in [1.165, 1.54) is 22.5 Å². The number of carbonyl (C=O) groups excluding carboxylic acids is 1. The zero-order valence-corrected chi connectivity index (χ0v) is 11.0. The number of thiazole rings is 1. The highest BCUT2D eigenvalue weighted by atomic mass is 32.1. The van der Waals surface area contributed by atoms with Crippen molar-refractivity contribution in [2.75, 3.05) is 11.9 Å². The fraction of sp³-hybridized carbons (Fsp3) is 0.231. The number of anilines is 1. The highest BCUT2D eigenvalue weighted by molar-refractivity contribution is 7.15. The zero-order valence-electron chi connectivity index (χ0n) is 10.1. The molecule has 2 aromatic rings. The second-order valence-corrected chi connectivity index (χ2v) is 5.16. The van der Waals surface area contributed by atoms with Crippen LogP contribution >= 0.6 is 11.3 Å². The van der Waals surface area contributed by atoms with Crippen LogP contribution in [0.15, 0.2) is 30.5 Å². The van der Waals surface area contributed by atoms with Gasteiger partial charge in [0.2, 0.25) is 5.91 Å². The molecule has 0 saturated heterocycles. The average Bonchev–Trinajstić information content (AvgIpc) is 2.79. The predicted octanol–water partition coefficient (Wildman–Crippen LogP) is 1.94. The average molecular weight is 261 g/mol. The number of carbonyl (C=O) groups is 1. The first kappa shape index (κ1) is 12.7. The van der Waals surface area contributed by atoms with Crippen LogP contribution in [-0.2, 0) is 11.2 Å². The van der Waals surface area contributed by atoms with Crippen LogP contribution in [0.25, 0.3) is 0 Å². The topological polar surface area (TPSA) is 68.0 Å². The molecule has 0 aliphatic carbocycles. The molecule has 0 atom stereocenters. The Bertz CT molecular complexity index is 533. The quantitative estimate of drug-likeness (QED) is 0.883. The molecule has 0 bridgehead atoms. The van der Waals surface area contributed by atoms with Crippen molar-refractivity contribution in [3.63, 3.8) is 0 Å². The van der Waals surface area contributed by atoms with Crippen LogP contribution in [0.1, 0.15) is 16.0 Å². The summed E-state index contributed by atoms with van der Waals surface area (Å²) in [7, 11) is 0. The van der Waals surface area contributed by atoms with E-state index in [9.17, 15) is 4.79 Å². The highest BCUT2D eigenvalue weighted by Gasteiger charge is 2.05. The van der Waals surface area contributed by atoms with Gasteiger partial charge in [-0.1, -0.05) is 29.8 Å². The standard InChI is InChI=1S/C13H15N3OS/c1-9-2-4-10(5-3-9)6-11-8-15-13(18-11)16-12(17)7-14/h2-5,8H,6-7,14H2,1H3,(H,15,16,17). The summed E-state index contributed by atoms with van der Waals surface area (Å²) in [5, 5.41) is 3.25. The number of nitrogens with two attached hydrogens (primary N) is 1. The number of hydrogen-bond donors (Lipinski definition) is 2. The van der Waals surface area contributed by atoms with Crippen molar-refractivity contribution < 1.29 is 4.79 Å². The molecule has 1 aromatic heterocycles. The molecule has 18 heavy (non-hydrogen) atoms. The summed E-state index contributed by atoms with van der Waals surface area (Å²) in [6.45, 7) is 2.05. The fourth-order valence-corrected chi connectivity index (χ4v) is 2.39. The molecule has 0 fully saturated rings. The van der Waals surface area contributed by atoms with Crippen LogP contribution in [0.5, 0.6) is 0 Å². The van der Waals surface area contributed by atoms with Crippen molar-refractivity contribution in [1.82, 2.24) is 4.98 Å². The van der Waals surface area contributed by atoms with Gasteiger partial charge in [-0.25, -0.2) is 4.98 Å². The second kappa shape index (κ2) is 5.75. The lowest BCUT2D eigenvalue weighted by molar-refractivity contribution is -0.114. The van der Waals surface area contributed by atoms with Gasteiger partial charge in [0.15, 0.2) is 5.13 Å². The smallest absolute Gasteiger partial charge is 0.239 e. The molecule has 0 saturated carbocycles. The minimum atomic E-state index is -0.216. The number of amides is 1. The molecule has 4 nitrogen and oxygen atoms in total. The normalized spacial score (nSPS) is 10.3. The minimum Gasteiger partial charge on any atom is -0.322 e. The molecule has 0 aliphatic rings. The number of nitrogens with zero attached hydrogens (tertiary/aromatic N) is 1. The maximum atomic E-state index is 11.1. The number of hydrogen-bond acceptors (Lipinski definition) is 4. The Balaban J connectivity index is 2.02. The summed E-state index contributed by atoms with van der Waals surface area (Å²) in [5.74, 6) is -0.216. The van der Waals surface area contributed by atoms with Crippen molar-refractivity contribution in [3.05, 3.63) is 46.5 Å². The van der Waals surface area contributed by atoms with E-state index in [0.717, 1.165) is 11.3 Å². The second-order valence-electron chi connectivity index (χ2n) is 4.05. The lowest BCUT2D eigenvalue weighted by atomic mass is 10.1. The molecule has 5 heteroatoms. The van der Waals surface area contributed by atoms with Crippen molar-refractivity contribution in [2.45, 2.75) is 13.3 Å². The van der Waals surface area contributed by atoms with Gasteiger partial charge in [-0.2, -0.15) is 0 Å². The third-order valence-corrected chi connectivity index (χ3v) is 3.40. The van der Waals surface area contributed by atoms with Crippen molar-refractivity contribution in [3.8, 4) is 0 Å². The number of nitrogens with one attached hydrogen (secondary N) is 1. The lowest BCUT2D eigenvalue weighted by Crippen LogP contribution is -2.21. The van der Waals surface area contributed by atoms with Crippen LogP contribution < -0.4 is 11.1 Å². The first-order valence-electron chi connectivity index (χ1n) is 5.67. The summed E-state index contributed by atoms with van der Waals surface area (Å²) in [6, 6.07) is 8.39. The maximum absolute atomic E-state index is 11.1. The predicted molar refractivity (Wildman–Crippen MR) is 73.8 cm³/mol. The molecule has 94 valence electrons. The Morgan fingerprint density at radius 3 is 2.78 bits per heavy atom. The van der Waals surface area contributed by atoms with Crippen LogP contribution in [0.3, 0.4) is 0 Å². The third-order valence-electron chi connectivity index (χ3n) is 2.48. The Kier molecular flexibility index (Phi) is 4.07. The molecule has 1 amide bonds. The van der Waals surface area contributed by atoms with Gasteiger partial charge < -0.3 is 11.1 Å². The summed E-state index contributed by atoms with van der Waals surface area (Å²) in [4.78, 5) is 16.4. The Labute approximate surface area is 110 Å². The molecular weight excluding hydrogens is 246 g/mol. The highest BCUT2D eigenvalue weighted by Crippen LogP contribution is 2.21. The Morgan fingerprint density at radius 2 is 2.11 bits per heavy atom. The summed E-state index contributed by atoms with van der Waals surface area (Å²) >= 11 is 1.48. The molecule has 2 rings (SSSR count).